The van der Waals surface area contributed by atoms with Gasteiger partial charge in [-0.15, -0.1) is 0 Å². The Morgan fingerprint density at radius 1 is 1.21 bits per heavy atom. The summed E-state index contributed by atoms with van der Waals surface area (Å²) >= 11 is 0. The fourth-order valence-electron chi connectivity index (χ4n) is 4.20. The summed E-state index contributed by atoms with van der Waals surface area (Å²) in [5.74, 6) is 0.579. The van der Waals surface area contributed by atoms with Crippen LogP contribution in [0.1, 0.15) is 38.3 Å². The van der Waals surface area contributed by atoms with E-state index >= 15 is 0 Å². The van der Waals surface area contributed by atoms with E-state index in [4.69, 9.17) is 14.5 Å². The van der Waals surface area contributed by atoms with Crippen LogP contribution in [0.3, 0.4) is 0 Å². The van der Waals surface area contributed by atoms with E-state index < -0.39 is 6.10 Å². The maximum Gasteiger partial charge on any atom is 0.160 e. The van der Waals surface area contributed by atoms with Crippen molar-refractivity contribution in [3.05, 3.63) is 36.0 Å². The number of ether oxygens (including phenoxy) is 2. The van der Waals surface area contributed by atoms with Crippen molar-refractivity contribution in [2.75, 3.05) is 38.7 Å². The average Bonchev–Trinajstić information content (AvgIpc) is 3.28. The SMILES string of the molecule is CNCC(O)COc1cc(CO)cc(-c2cc(NC3CCOCC3)c3cnn(C(C)C)c3n2)c1. The first-order chi connectivity index (χ1) is 16.5. The van der Waals surface area contributed by atoms with E-state index in [1.807, 2.05) is 29.1 Å². The summed E-state index contributed by atoms with van der Waals surface area (Å²) in [6.07, 6.45) is 3.14. The number of aliphatic hydroxyl groups excluding tert-OH is 2. The molecular weight excluding hydrogens is 434 g/mol. The molecule has 2 aromatic heterocycles. The Kier molecular flexibility index (Phi) is 7.99. The van der Waals surface area contributed by atoms with Crippen LogP contribution in [0.15, 0.2) is 30.5 Å². The monoisotopic (exact) mass is 469 g/mol. The zero-order valence-corrected chi connectivity index (χ0v) is 20.1. The van der Waals surface area contributed by atoms with E-state index in [0.29, 0.717) is 23.9 Å². The number of hydrogen-bond donors (Lipinski definition) is 4. The maximum atomic E-state index is 10.0. The number of benzene rings is 1. The first kappa shape index (κ1) is 24.4. The minimum Gasteiger partial charge on any atom is -0.491 e. The molecule has 1 fully saturated rings. The highest BCUT2D eigenvalue weighted by Crippen LogP contribution is 2.33. The number of nitrogens with zero attached hydrogens (tertiary/aromatic N) is 3. The Morgan fingerprint density at radius 2 is 2.00 bits per heavy atom. The summed E-state index contributed by atoms with van der Waals surface area (Å²) in [5.41, 5.74) is 4.11. The van der Waals surface area contributed by atoms with Gasteiger partial charge in [-0.1, -0.05) is 0 Å². The van der Waals surface area contributed by atoms with Crippen LogP contribution < -0.4 is 15.4 Å². The van der Waals surface area contributed by atoms with Crippen LogP contribution in [0.5, 0.6) is 5.75 Å². The van der Waals surface area contributed by atoms with Gasteiger partial charge in [-0.3, -0.25) is 0 Å². The third-order valence-electron chi connectivity index (χ3n) is 5.96. The van der Waals surface area contributed by atoms with Gasteiger partial charge in [0, 0.05) is 43.1 Å². The van der Waals surface area contributed by atoms with Crippen molar-refractivity contribution in [2.45, 2.75) is 51.5 Å². The fraction of sp³-hybridized carbons (Fsp3) is 0.520. The quantitative estimate of drug-likeness (QED) is 0.358. The van der Waals surface area contributed by atoms with Crippen LogP contribution in [0.25, 0.3) is 22.3 Å². The topological polar surface area (TPSA) is 114 Å². The lowest BCUT2D eigenvalue weighted by atomic mass is 10.0. The molecule has 9 nitrogen and oxygen atoms in total. The second kappa shape index (κ2) is 11.1. The van der Waals surface area contributed by atoms with Crippen molar-refractivity contribution in [3.63, 3.8) is 0 Å². The van der Waals surface area contributed by atoms with Crippen molar-refractivity contribution in [3.8, 4) is 17.0 Å². The molecule has 0 radical (unpaired) electrons. The lowest BCUT2D eigenvalue weighted by molar-refractivity contribution is 0.0905. The van der Waals surface area contributed by atoms with E-state index in [-0.39, 0.29) is 19.3 Å². The van der Waals surface area contributed by atoms with E-state index in [0.717, 1.165) is 54.0 Å². The number of likely N-dealkylation sites (N-methyl/N-ethyl adjacent to an activating group) is 1. The van der Waals surface area contributed by atoms with Crippen molar-refractivity contribution in [1.82, 2.24) is 20.1 Å². The molecular formula is C25H35N5O4. The summed E-state index contributed by atoms with van der Waals surface area (Å²) in [4.78, 5) is 4.96. The van der Waals surface area contributed by atoms with Gasteiger partial charge in [0.1, 0.15) is 18.5 Å². The van der Waals surface area contributed by atoms with Gasteiger partial charge in [0.15, 0.2) is 5.65 Å². The number of hydrogen-bond acceptors (Lipinski definition) is 8. The number of aromatic nitrogens is 3. The molecule has 0 bridgehead atoms. The first-order valence-electron chi connectivity index (χ1n) is 11.9. The Hall–Kier alpha value is -2.72. The molecule has 184 valence electrons. The lowest BCUT2D eigenvalue weighted by Gasteiger charge is -2.24. The fourth-order valence-corrected chi connectivity index (χ4v) is 4.20. The number of fused-ring (bicyclic) bond motifs is 1. The Morgan fingerprint density at radius 3 is 2.71 bits per heavy atom. The van der Waals surface area contributed by atoms with Crippen LogP contribution in [0.2, 0.25) is 0 Å². The number of anilines is 1. The van der Waals surface area contributed by atoms with Gasteiger partial charge in [-0.25, -0.2) is 9.67 Å². The molecule has 1 atom stereocenters. The van der Waals surface area contributed by atoms with Crippen molar-refractivity contribution >= 4 is 16.7 Å². The van der Waals surface area contributed by atoms with Gasteiger partial charge in [-0.2, -0.15) is 5.10 Å². The molecule has 1 aliphatic rings. The first-order valence-corrected chi connectivity index (χ1v) is 11.9. The molecule has 4 rings (SSSR count). The average molecular weight is 470 g/mol. The highest BCUT2D eigenvalue weighted by Gasteiger charge is 2.19. The zero-order valence-electron chi connectivity index (χ0n) is 20.1. The Labute approximate surface area is 200 Å². The highest BCUT2D eigenvalue weighted by molar-refractivity contribution is 5.92. The lowest BCUT2D eigenvalue weighted by Crippen LogP contribution is -2.29. The molecule has 4 N–H and O–H groups in total. The highest BCUT2D eigenvalue weighted by atomic mass is 16.5. The van der Waals surface area contributed by atoms with Gasteiger partial charge in [0.05, 0.1) is 23.9 Å². The normalized spacial score (nSPS) is 15.7. The van der Waals surface area contributed by atoms with Gasteiger partial charge < -0.3 is 30.3 Å². The van der Waals surface area contributed by atoms with E-state index in [2.05, 4.69) is 29.6 Å². The molecule has 3 aromatic rings. The third kappa shape index (κ3) is 5.67. The summed E-state index contributed by atoms with van der Waals surface area (Å²) < 4.78 is 13.3. The molecule has 3 heterocycles. The number of rotatable bonds is 10. The van der Waals surface area contributed by atoms with Crippen LogP contribution in [0.4, 0.5) is 5.69 Å². The largest absolute Gasteiger partial charge is 0.491 e. The maximum absolute atomic E-state index is 10.0. The minimum atomic E-state index is -0.628. The van der Waals surface area contributed by atoms with Crippen LogP contribution in [0, 0.1) is 0 Å². The predicted molar refractivity (Wildman–Crippen MR) is 132 cm³/mol. The van der Waals surface area contributed by atoms with Crippen LogP contribution >= 0.6 is 0 Å². The van der Waals surface area contributed by atoms with Gasteiger partial charge in [0.2, 0.25) is 0 Å². The van der Waals surface area contributed by atoms with E-state index in [1.165, 1.54) is 0 Å². The van der Waals surface area contributed by atoms with E-state index in [1.54, 1.807) is 13.1 Å². The smallest absolute Gasteiger partial charge is 0.160 e. The molecule has 0 spiro atoms. The minimum absolute atomic E-state index is 0.122. The molecule has 1 aliphatic heterocycles. The Bertz CT molecular complexity index is 1090. The van der Waals surface area contributed by atoms with Crippen molar-refractivity contribution < 1.29 is 19.7 Å². The zero-order chi connectivity index (χ0) is 24.1. The summed E-state index contributed by atoms with van der Waals surface area (Å²) in [7, 11) is 1.78. The predicted octanol–water partition coefficient (Wildman–Crippen LogP) is 2.72. The van der Waals surface area contributed by atoms with Crippen LogP contribution in [-0.2, 0) is 11.3 Å². The molecule has 0 aliphatic carbocycles. The third-order valence-corrected chi connectivity index (χ3v) is 5.96. The molecule has 9 heteroatoms. The van der Waals surface area contributed by atoms with Gasteiger partial charge in [0.25, 0.3) is 0 Å². The second-order valence-corrected chi connectivity index (χ2v) is 9.05. The number of pyridine rings is 1. The van der Waals surface area contributed by atoms with Gasteiger partial charge >= 0.3 is 0 Å². The summed E-state index contributed by atoms with van der Waals surface area (Å²) in [6, 6.07) is 8.12. The van der Waals surface area contributed by atoms with Crippen LogP contribution in [-0.4, -0.2) is 70.5 Å². The molecule has 1 unspecified atom stereocenters. The van der Waals surface area contributed by atoms with Crippen molar-refractivity contribution in [1.29, 1.82) is 0 Å². The second-order valence-electron chi connectivity index (χ2n) is 9.05. The summed E-state index contributed by atoms with van der Waals surface area (Å²) in [5, 5.41) is 32.1. The molecule has 1 saturated heterocycles. The van der Waals surface area contributed by atoms with Crippen molar-refractivity contribution in [2.24, 2.45) is 0 Å². The standard InChI is InChI=1S/C25H35N5O4/c1-16(2)30-25-22(13-27-30)24(28-19-4-6-33-7-5-19)11-23(29-25)18-8-17(14-31)9-21(10-18)34-15-20(32)12-26-3/h8-11,13,16,19-20,26,31-32H,4-7,12,14-15H2,1-3H3,(H,28,29). The number of aliphatic hydroxyl groups is 2. The molecule has 0 amide bonds. The van der Waals surface area contributed by atoms with Gasteiger partial charge in [-0.05, 0) is 63.6 Å². The summed E-state index contributed by atoms with van der Waals surface area (Å²) in [6.45, 7) is 6.14. The van der Waals surface area contributed by atoms with E-state index in [9.17, 15) is 10.2 Å². The molecule has 34 heavy (non-hydrogen) atoms. The Balaban J connectivity index is 1.73. The molecule has 0 saturated carbocycles. The number of nitrogens with one attached hydrogen (secondary N) is 2. The molecule has 1 aromatic carbocycles.